The molecule has 0 spiro atoms. The van der Waals surface area contributed by atoms with Gasteiger partial charge in [-0.2, -0.15) is 4.31 Å². The van der Waals surface area contributed by atoms with Crippen molar-refractivity contribution in [3.8, 4) is 23.0 Å². The maximum absolute atomic E-state index is 14.0. The van der Waals surface area contributed by atoms with Crippen molar-refractivity contribution in [2.75, 3.05) is 48.1 Å². The summed E-state index contributed by atoms with van der Waals surface area (Å²) < 4.78 is 61.9. The molecule has 0 bridgehead atoms. The summed E-state index contributed by atoms with van der Waals surface area (Å²) in [5.74, 6) is -0.439. The number of esters is 1. The molecule has 12 heteroatoms. The lowest BCUT2D eigenvalue weighted by Crippen LogP contribution is -2.42. The zero-order valence-corrected chi connectivity index (χ0v) is 22.1. The van der Waals surface area contributed by atoms with Gasteiger partial charge in [-0.1, -0.05) is 0 Å². The maximum Gasteiger partial charge on any atom is 0.310 e. The summed E-state index contributed by atoms with van der Waals surface area (Å²) in [6.45, 7) is 2.00. The van der Waals surface area contributed by atoms with Crippen molar-refractivity contribution in [1.29, 1.82) is 0 Å². The molecule has 1 fully saturated rings. The number of benzene rings is 2. The maximum atomic E-state index is 14.0. The number of hydrogen-bond donors (Lipinski definition) is 0. The highest BCUT2D eigenvalue weighted by Gasteiger charge is 2.38. The van der Waals surface area contributed by atoms with Gasteiger partial charge in [-0.15, -0.1) is 0 Å². The molecule has 1 atom stereocenters. The van der Waals surface area contributed by atoms with E-state index in [-0.39, 0.29) is 58.0 Å². The number of rotatable bonds is 8. The van der Waals surface area contributed by atoms with E-state index in [0.717, 1.165) is 0 Å². The van der Waals surface area contributed by atoms with Gasteiger partial charge in [0.15, 0.2) is 22.0 Å². The third-order valence-electron chi connectivity index (χ3n) is 6.38. The highest BCUT2D eigenvalue weighted by Crippen LogP contribution is 2.42. The Morgan fingerprint density at radius 2 is 1.65 bits per heavy atom. The molecule has 1 aromatic heterocycles. The fourth-order valence-corrected chi connectivity index (χ4v) is 6.35. The topological polar surface area (TPSA) is 131 Å². The first-order valence-corrected chi connectivity index (χ1v) is 13.1. The van der Waals surface area contributed by atoms with Gasteiger partial charge in [0.1, 0.15) is 22.5 Å². The first-order chi connectivity index (χ1) is 17.7. The molecule has 0 saturated carbocycles. The van der Waals surface area contributed by atoms with Gasteiger partial charge in [0.2, 0.25) is 5.43 Å². The molecule has 2 aromatic carbocycles. The first-order valence-electron chi connectivity index (χ1n) is 11.7. The smallest absolute Gasteiger partial charge is 0.310 e. The predicted molar refractivity (Wildman–Crippen MR) is 134 cm³/mol. The molecular formula is C25H29NO10S. The molecule has 1 aliphatic rings. The van der Waals surface area contributed by atoms with Crippen LogP contribution in [-0.4, -0.2) is 66.8 Å². The minimum absolute atomic E-state index is 0.0643. The van der Waals surface area contributed by atoms with Crippen LogP contribution in [0.1, 0.15) is 19.8 Å². The molecule has 1 aliphatic heterocycles. The Balaban J connectivity index is 2.00. The van der Waals surface area contributed by atoms with E-state index in [4.69, 9.17) is 28.1 Å². The van der Waals surface area contributed by atoms with E-state index < -0.39 is 27.3 Å². The van der Waals surface area contributed by atoms with Gasteiger partial charge in [-0.05, 0) is 25.8 Å². The van der Waals surface area contributed by atoms with Gasteiger partial charge in [0, 0.05) is 25.2 Å². The molecule has 200 valence electrons. The van der Waals surface area contributed by atoms with Crippen LogP contribution in [0.15, 0.2) is 32.3 Å². The van der Waals surface area contributed by atoms with Crippen LogP contribution in [0.2, 0.25) is 0 Å². The Morgan fingerprint density at radius 3 is 2.27 bits per heavy atom. The molecule has 0 radical (unpaired) electrons. The zero-order valence-electron chi connectivity index (χ0n) is 21.3. The number of hydrogen-bond acceptors (Lipinski definition) is 10. The largest absolute Gasteiger partial charge is 0.496 e. The number of ether oxygens (including phenoxy) is 5. The Bertz CT molecular complexity index is 1510. The van der Waals surface area contributed by atoms with Crippen LogP contribution < -0.4 is 24.4 Å². The van der Waals surface area contributed by atoms with E-state index in [2.05, 4.69) is 0 Å². The SMILES string of the molecule is CCOC(=O)C1CCCN(S(=O)(=O)c2c(OC)cc(OC)c3c(=O)c4cc(OC)c(OC)cc4oc23)C1. The fraction of sp³-hybridized carbons (Fsp3) is 0.440. The van der Waals surface area contributed by atoms with Crippen molar-refractivity contribution < 1.29 is 41.3 Å². The number of methoxy groups -OCH3 is 4. The highest BCUT2D eigenvalue weighted by atomic mass is 32.2. The van der Waals surface area contributed by atoms with Gasteiger partial charge in [0.25, 0.3) is 10.0 Å². The molecule has 3 aromatic rings. The van der Waals surface area contributed by atoms with Crippen LogP contribution in [0.4, 0.5) is 0 Å². The van der Waals surface area contributed by atoms with Crippen molar-refractivity contribution >= 4 is 37.9 Å². The lowest BCUT2D eigenvalue weighted by Gasteiger charge is -2.31. The van der Waals surface area contributed by atoms with Crippen molar-refractivity contribution in [2.45, 2.75) is 24.7 Å². The predicted octanol–water partition coefficient (Wildman–Crippen LogP) is 2.94. The van der Waals surface area contributed by atoms with E-state index >= 15 is 0 Å². The summed E-state index contributed by atoms with van der Waals surface area (Å²) >= 11 is 0. The molecule has 37 heavy (non-hydrogen) atoms. The molecule has 4 rings (SSSR count). The molecule has 0 amide bonds. The van der Waals surface area contributed by atoms with Gasteiger partial charge >= 0.3 is 5.97 Å². The van der Waals surface area contributed by atoms with Crippen molar-refractivity contribution in [2.24, 2.45) is 5.92 Å². The average molecular weight is 536 g/mol. The molecular weight excluding hydrogens is 506 g/mol. The summed E-state index contributed by atoms with van der Waals surface area (Å²) in [4.78, 5) is 25.7. The third-order valence-corrected chi connectivity index (χ3v) is 8.29. The van der Waals surface area contributed by atoms with E-state index in [0.29, 0.717) is 24.3 Å². The quantitative estimate of drug-likeness (QED) is 0.313. The molecule has 1 saturated heterocycles. The zero-order chi connectivity index (χ0) is 26.9. The number of sulfonamides is 1. The second kappa shape index (κ2) is 10.5. The lowest BCUT2D eigenvalue weighted by molar-refractivity contribution is -0.149. The van der Waals surface area contributed by atoms with Gasteiger partial charge in [-0.25, -0.2) is 8.42 Å². The first kappa shape index (κ1) is 26.6. The Morgan fingerprint density at radius 1 is 1.00 bits per heavy atom. The van der Waals surface area contributed by atoms with Crippen molar-refractivity contribution in [3.05, 3.63) is 28.4 Å². The molecule has 2 heterocycles. The van der Waals surface area contributed by atoms with Gasteiger partial charge in [0.05, 0.1) is 46.4 Å². The van der Waals surface area contributed by atoms with E-state index in [9.17, 15) is 18.0 Å². The van der Waals surface area contributed by atoms with Crippen LogP contribution in [0.25, 0.3) is 21.9 Å². The van der Waals surface area contributed by atoms with E-state index in [1.807, 2.05) is 0 Å². The third kappa shape index (κ3) is 4.55. The minimum atomic E-state index is -4.30. The summed E-state index contributed by atoms with van der Waals surface area (Å²) in [7, 11) is 1.24. The van der Waals surface area contributed by atoms with Gasteiger partial charge in [-0.3, -0.25) is 9.59 Å². The highest BCUT2D eigenvalue weighted by molar-refractivity contribution is 7.89. The number of piperidine rings is 1. The second-order valence-corrected chi connectivity index (χ2v) is 10.3. The summed E-state index contributed by atoms with van der Waals surface area (Å²) in [6, 6.07) is 4.26. The van der Waals surface area contributed by atoms with Crippen LogP contribution >= 0.6 is 0 Å². The van der Waals surface area contributed by atoms with Crippen LogP contribution in [0.5, 0.6) is 23.0 Å². The average Bonchev–Trinajstić information content (AvgIpc) is 2.91. The fourth-order valence-electron chi connectivity index (χ4n) is 4.57. The molecule has 1 unspecified atom stereocenters. The Labute approximate surface area is 213 Å². The number of carbonyl (C=O) groups excluding carboxylic acids is 1. The van der Waals surface area contributed by atoms with Crippen LogP contribution in [0.3, 0.4) is 0 Å². The summed E-state index contributed by atoms with van der Waals surface area (Å²) in [6.07, 6.45) is 0.968. The summed E-state index contributed by atoms with van der Waals surface area (Å²) in [5, 5.41) is 0.0814. The van der Waals surface area contributed by atoms with E-state index in [1.165, 1.54) is 50.9 Å². The second-order valence-electron chi connectivity index (χ2n) is 8.40. The molecule has 11 nitrogen and oxygen atoms in total. The number of carbonyl (C=O) groups is 1. The van der Waals surface area contributed by atoms with Crippen LogP contribution in [0, 0.1) is 5.92 Å². The Hall–Kier alpha value is -3.51. The lowest BCUT2D eigenvalue weighted by atomic mass is 10.0. The van der Waals surface area contributed by atoms with Gasteiger partial charge < -0.3 is 28.1 Å². The normalized spacial score (nSPS) is 16.5. The monoisotopic (exact) mass is 535 g/mol. The van der Waals surface area contributed by atoms with Crippen LogP contribution in [-0.2, 0) is 19.6 Å². The molecule has 0 N–H and O–H groups in total. The van der Waals surface area contributed by atoms with Crippen molar-refractivity contribution in [3.63, 3.8) is 0 Å². The number of nitrogens with zero attached hydrogens (tertiary/aromatic N) is 1. The minimum Gasteiger partial charge on any atom is -0.496 e. The standard InChI is InChI=1S/C25H29NO10S/c1-6-35-25(28)14-8-7-9-26(13-14)37(29,30)24-20(34-5)12-19(33-4)21-22(27)15-10-17(31-2)18(32-3)11-16(15)36-23(21)24/h10-12,14H,6-9,13H2,1-5H3. The molecule has 0 aliphatic carbocycles. The van der Waals surface area contributed by atoms with Crippen molar-refractivity contribution in [1.82, 2.24) is 4.31 Å². The van der Waals surface area contributed by atoms with E-state index in [1.54, 1.807) is 6.92 Å². The number of fused-ring (bicyclic) bond motifs is 2. The Kier molecular flexibility index (Phi) is 7.51. The summed E-state index contributed by atoms with van der Waals surface area (Å²) in [5.41, 5.74) is -0.652.